The van der Waals surface area contributed by atoms with Crippen LogP contribution in [0, 0.1) is 0 Å². The van der Waals surface area contributed by atoms with Crippen LogP contribution in [-0.2, 0) is 4.74 Å². The van der Waals surface area contributed by atoms with Crippen molar-refractivity contribution in [2.24, 2.45) is 0 Å². The van der Waals surface area contributed by atoms with Crippen molar-refractivity contribution in [3.63, 3.8) is 0 Å². The van der Waals surface area contributed by atoms with E-state index >= 15 is 0 Å². The number of imidazole rings is 1. The minimum atomic E-state index is -1.23. The average Bonchev–Trinajstić information content (AvgIpc) is 3.01. The van der Waals surface area contributed by atoms with Crippen molar-refractivity contribution in [1.29, 1.82) is 0 Å². The number of aromatic nitrogens is 4. The van der Waals surface area contributed by atoms with Gasteiger partial charge in [0.15, 0.2) is 23.2 Å². The lowest BCUT2D eigenvalue weighted by Gasteiger charge is -2.16. The third-order valence-corrected chi connectivity index (χ3v) is 3.44. The van der Waals surface area contributed by atoms with E-state index in [0.717, 1.165) is 5.06 Å². The van der Waals surface area contributed by atoms with Gasteiger partial charge in [0, 0.05) is 7.05 Å². The van der Waals surface area contributed by atoms with Crippen molar-refractivity contribution in [3.05, 3.63) is 12.7 Å². The van der Waals surface area contributed by atoms with E-state index in [1.54, 1.807) is 0 Å². The van der Waals surface area contributed by atoms with Crippen LogP contribution in [0.3, 0.4) is 0 Å². The smallest absolute Gasteiger partial charge is 0.183 e. The van der Waals surface area contributed by atoms with Gasteiger partial charge in [0.05, 0.1) is 12.9 Å². The van der Waals surface area contributed by atoms with Gasteiger partial charge in [-0.3, -0.25) is 9.77 Å². The minimum absolute atomic E-state index is 0.200. The Morgan fingerprint density at radius 1 is 1.29 bits per heavy atom. The van der Waals surface area contributed by atoms with Gasteiger partial charge in [-0.1, -0.05) is 0 Å². The summed E-state index contributed by atoms with van der Waals surface area (Å²) >= 11 is 0. The van der Waals surface area contributed by atoms with E-state index in [1.807, 2.05) is 0 Å². The Bertz CT molecular complexity index is 647. The maximum Gasteiger partial charge on any atom is 0.183 e. The molecular weight excluding hydrogens is 282 g/mol. The Morgan fingerprint density at radius 2 is 2.05 bits per heavy atom. The minimum Gasteiger partial charge on any atom is -0.394 e. The van der Waals surface area contributed by atoms with Crippen LogP contribution in [0.2, 0.25) is 0 Å². The maximum atomic E-state index is 10.0. The zero-order chi connectivity index (χ0) is 15.1. The van der Waals surface area contributed by atoms with E-state index in [2.05, 4.69) is 15.0 Å². The zero-order valence-corrected chi connectivity index (χ0v) is 11.1. The molecule has 1 aliphatic rings. The van der Waals surface area contributed by atoms with Gasteiger partial charge in [0.1, 0.15) is 24.6 Å². The van der Waals surface area contributed by atoms with Crippen molar-refractivity contribution in [2.75, 3.05) is 18.7 Å². The summed E-state index contributed by atoms with van der Waals surface area (Å²) in [5, 5.41) is 39.3. The monoisotopic (exact) mass is 297 g/mol. The number of rotatable bonds is 3. The summed E-state index contributed by atoms with van der Waals surface area (Å²) in [5.74, 6) is 0.200. The van der Waals surface area contributed by atoms with Gasteiger partial charge in [0.25, 0.3) is 0 Å². The number of hydroxylamine groups is 1. The molecule has 0 saturated carbocycles. The molecule has 114 valence electrons. The van der Waals surface area contributed by atoms with Crippen molar-refractivity contribution in [1.82, 2.24) is 19.5 Å². The fourth-order valence-corrected chi connectivity index (χ4v) is 2.37. The van der Waals surface area contributed by atoms with Crippen LogP contribution < -0.4 is 5.06 Å². The van der Waals surface area contributed by atoms with E-state index in [1.165, 1.54) is 24.3 Å². The molecule has 10 heteroatoms. The number of nitrogens with zero attached hydrogens (tertiary/aromatic N) is 5. The first-order chi connectivity index (χ1) is 10.0. The van der Waals surface area contributed by atoms with E-state index in [4.69, 9.17) is 9.84 Å². The van der Waals surface area contributed by atoms with E-state index in [9.17, 15) is 15.4 Å². The van der Waals surface area contributed by atoms with Crippen LogP contribution >= 0.6 is 0 Å². The summed E-state index contributed by atoms with van der Waals surface area (Å²) in [6.07, 6.45) is -1.65. The Morgan fingerprint density at radius 3 is 2.67 bits per heavy atom. The molecule has 2 aromatic rings. The second-order valence-electron chi connectivity index (χ2n) is 4.77. The third-order valence-electron chi connectivity index (χ3n) is 3.44. The standard InChI is InChI=1S/C11H15N5O5/c1-15(20)9-6-10(13-3-12-9)16(4-14-6)11-8(19)7(18)5(2-17)21-11/h3-5,7-8,11,17-20H,2H2,1H3/t5-,7?,8?,11-/m1/s1. The number of hydrogen-bond donors (Lipinski definition) is 4. The predicted octanol–water partition coefficient (Wildman–Crippen LogP) is -1.74. The number of fused-ring (bicyclic) bond motifs is 1. The van der Waals surface area contributed by atoms with Crippen molar-refractivity contribution in [3.8, 4) is 0 Å². The number of ether oxygens (including phenoxy) is 1. The molecule has 0 bridgehead atoms. The number of anilines is 1. The fraction of sp³-hybridized carbons (Fsp3) is 0.545. The average molecular weight is 297 g/mol. The third kappa shape index (κ3) is 2.13. The molecule has 1 fully saturated rings. The molecule has 3 heterocycles. The van der Waals surface area contributed by atoms with E-state index in [0.29, 0.717) is 11.2 Å². The highest BCUT2D eigenvalue weighted by Crippen LogP contribution is 2.32. The molecule has 0 aliphatic carbocycles. The van der Waals surface area contributed by atoms with Crippen LogP contribution in [0.5, 0.6) is 0 Å². The molecule has 0 aromatic carbocycles. The summed E-state index contributed by atoms with van der Waals surface area (Å²) in [6, 6.07) is 0. The van der Waals surface area contributed by atoms with Crippen molar-refractivity contribution >= 4 is 17.0 Å². The van der Waals surface area contributed by atoms with Gasteiger partial charge in [-0.05, 0) is 0 Å². The van der Waals surface area contributed by atoms with E-state index in [-0.39, 0.29) is 5.82 Å². The Hall–Kier alpha value is -1.85. The van der Waals surface area contributed by atoms with Gasteiger partial charge < -0.3 is 20.1 Å². The van der Waals surface area contributed by atoms with Gasteiger partial charge in [-0.2, -0.15) is 0 Å². The highest BCUT2D eigenvalue weighted by atomic mass is 16.6. The van der Waals surface area contributed by atoms with Gasteiger partial charge >= 0.3 is 0 Å². The second kappa shape index (κ2) is 5.16. The number of aliphatic hydroxyl groups excluding tert-OH is 3. The lowest BCUT2D eigenvalue weighted by molar-refractivity contribution is -0.0511. The number of hydrogen-bond acceptors (Lipinski definition) is 9. The highest BCUT2D eigenvalue weighted by Gasteiger charge is 2.44. The lowest BCUT2D eigenvalue weighted by atomic mass is 10.1. The molecule has 21 heavy (non-hydrogen) atoms. The summed E-state index contributed by atoms with van der Waals surface area (Å²) in [6.45, 7) is -0.416. The van der Waals surface area contributed by atoms with Crippen molar-refractivity contribution in [2.45, 2.75) is 24.5 Å². The van der Waals surface area contributed by atoms with Crippen LogP contribution in [0.15, 0.2) is 12.7 Å². The van der Waals surface area contributed by atoms with Gasteiger partial charge in [0.2, 0.25) is 0 Å². The molecule has 10 nitrogen and oxygen atoms in total. The molecule has 0 amide bonds. The molecule has 2 unspecified atom stereocenters. The first-order valence-corrected chi connectivity index (χ1v) is 6.27. The summed E-state index contributed by atoms with van der Waals surface area (Å²) in [4.78, 5) is 12.1. The predicted molar refractivity (Wildman–Crippen MR) is 68.5 cm³/mol. The SMILES string of the molecule is CN(O)c1ncnc2c1ncn2[C@@H]1O[C@H](CO)C(O)C1O. The van der Waals surface area contributed by atoms with Gasteiger partial charge in [-0.15, -0.1) is 0 Å². The fourth-order valence-electron chi connectivity index (χ4n) is 2.37. The largest absolute Gasteiger partial charge is 0.394 e. The molecule has 0 spiro atoms. The first kappa shape index (κ1) is 14.1. The topological polar surface area (TPSA) is 137 Å². The normalized spacial score (nSPS) is 29.2. The highest BCUT2D eigenvalue weighted by molar-refractivity contribution is 5.82. The zero-order valence-electron chi connectivity index (χ0n) is 11.1. The second-order valence-corrected chi connectivity index (χ2v) is 4.77. The maximum absolute atomic E-state index is 10.0. The van der Waals surface area contributed by atoms with Crippen LogP contribution in [0.25, 0.3) is 11.2 Å². The summed E-state index contributed by atoms with van der Waals surface area (Å²) < 4.78 is 6.85. The Balaban J connectivity index is 2.04. The molecule has 4 atom stereocenters. The van der Waals surface area contributed by atoms with Crippen LogP contribution in [-0.4, -0.2) is 72.0 Å². The van der Waals surface area contributed by atoms with Crippen LogP contribution in [0.1, 0.15) is 6.23 Å². The lowest BCUT2D eigenvalue weighted by Crippen LogP contribution is -2.33. The molecular formula is C11H15N5O5. The first-order valence-electron chi connectivity index (χ1n) is 6.27. The summed E-state index contributed by atoms with van der Waals surface area (Å²) in [5.41, 5.74) is 0.649. The quantitative estimate of drug-likeness (QED) is 0.486. The van der Waals surface area contributed by atoms with E-state index < -0.39 is 31.1 Å². The van der Waals surface area contributed by atoms with Crippen molar-refractivity contribution < 1.29 is 25.3 Å². The molecule has 0 radical (unpaired) electrons. The summed E-state index contributed by atoms with van der Waals surface area (Å²) in [7, 11) is 1.40. The molecule has 4 N–H and O–H groups in total. The molecule has 2 aromatic heterocycles. The Kier molecular flexibility index (Phi) is 3.47. The van der Waals surface area contributed by atoms with Gasteiger partial charge in [-0.25, -0.2) is 20.0 Å². The molecule has 3 rings (SSSR count). The molecule has 1 aliphatic heterocycles. The molecule has 1 saturated heterocycles. The van der Waals surface area contributed by atoms with Crippen LogP contribution in [0.4, 0.5) is 5.82 Å². The number of aliphatic hydroxyl groups is 3. The Labute approximate surface area is 118 Å².